The Bertz CT molecular complexity index is 1670. The molecule has 0 aliphatic carbocycles. The quantitative estimate of drug-likeness (QED) is 0.122. The minimum absolute atomic E-state index is 0.0930. The van der Waals surface area contributed by atoms with Crippen LogP contribution < -0.4 is 10.2 Å². The Hall–Kier alpha value is -4.53. The van der Waals surface area contributed by atoms with Crippen LogP contribution in [-0.2, 0) is 23.8 Å². The standard InChI is InChI=1S/C27H26O18/c28-9-2-1-7(3-10(9)29)13-6-12(31)15-11(30)4-8(5-14(15)42-13)41-26-20(36)18(34)21(23(45-26)25(39)40)43-27-19(35)16(32)17(33)22(44-27)24(37)38/h1-6,16-23,26-30,32-36H,(H,37,38)(H,39,40). The average molecular weight is 638 g/mol. The fourth-order valence-electron chi connectivity index (χ4n) is 4.87. The first-order valence-electron chi connectivity index (χ1n) is 13.0. The van der Waals surface area contributed by atoms with E-state index in [-0.39, 0.29) is 28.0 Å². The Morgan fingerprint density at radius 2 is 1.33 bits per heavy atom. The number of phenols is 3. The van der Waals surface area contributed by atoms with Crippen molar-refractivity contribution in [2.75, 3.05) is 0 Å². The topological polar surface area (TPSA) is 304 Å². The monoisotopic (exact) mass is 638 g/mol. The lowest BCUT2D eigenvalue weighted by molar-refractivity contribution is -0.343. The lowest BCUT2D eigenvalue weighted by Crippen LogP contribution is -2.66. The zero-order chi connectivity index (χ0) is 32.9. The molecule has 0 bridgehead atoms. The van der Waals surface area contributed by atoms with E-state index >= 15 is 0 Å². The third-order valence-electron chi connectivity index (χ3n) is 7.19. The maximum Gasteiger partial charge on any atom is 0.335 e. The van der Waals surface area contributed by atoms with Gasteiger partial charge >= 0.3 is 11.9 Å². The Morgan fingerprint density at radius 3 is 1.98 bits per heavy atom. The van der Waals surface area contributed by atoms with Crippen LogP contribution in [0.5, 0.6) is 23.0 Å². The fraction of sp³-hybridized carbons (Fsp3) is 0.370. The van der Waals surface area contributed by atoms with Gasteiger partial charge in [0.05, 0.1) is 0 Å². The van der Waals surface area contributed by atoms with E-state index in [1.807, 2.05) is 0 Å². The highest BCUT2D eigenvalue weighted by atomic mass is 16.7. The molecule has 1 aromatic heterocycles. The lowest BCUT2D eigenvalue weighted by Gasteiger charge is -2.44. The number of fused-ring (bicyclic) bond motifs is 1. The Morgan fingerprint density at radius 1 is 0.689 bits per heavy atom. The largest absolute Gasteiger partial charge is 0.507 e. The van der Waals surface area contributed by atoms with Crippen LogP contribution in [0.1, 0.15) is 0 Å². The number of carboxylic acid groups (broad SMARTS) is 2. The minimum Gasteiger partial charge on any atom is -0.507 e. The van der Waals surface area contributed by atoms with Crippen LogP contribution >= 0.6 is 0 Å². The van der Waals surface area contributed by atoms with Gasteiger partial charge in [0, 0.05) is 23.8 Å². The summed E-state index contributed by atoms with van der Waals surface area (Å²) in [6, 6.07) is 6.59. The minimum atomic E-state index is -2.17. The molecule has 0 spiro atoms. The van der Waals surface area contributed by atoms with Crippen LogP contribution in [-0.4, -0.2) is 124 Å². The van der Waals surface area contributed by atoms with Gasteiger partial charge in [0.1, 0.15) is 64.9 Å². The SMILES string of the molecule is O=C(O)C1OC(OC2C(C(=O)O)OC(Oc3cc(O)c4c(=O)cc(-c5ccc(O)c(O)c5)oc4c3)C(O)C2O)C(O)C(O)C1O. The highest BCUT2D eigenvalue weighted by Gasteiger charge is 2.54. The van der Waals surface area contributed by atoms with E-state index in [9.17, 15) is 65.4 Å². The maximum absolute atomic E-state index is 12.7. The normalized spacial score (nSPS) is 31.8. The van der Waals surface area contributed by atoms with Gasteiger partial charge in [0.15, 0.2) is 35.4 Å². The van der Waals surface area contributed by atoms with Gasteiger partial charge in [-0.05, 0) is 18.2 Å². The van der Waals surface area contributed by atoms with Crippen LogP contribution in [0.3, 0.4) is 0 Å². The smallest absolute Gasteiger partial charge is 0.335 e. The van der Waals surface area contributed by atoms with Gasteiger partial charge < -0.3 is 74.4 Å². The van der Waals surface area contributed by atoms with E-state index in [0.717, 1.165) is 30.3 Å². The molecule has 10 N–H and O–H groups in total. The van der Waals surface area contributed by atoms with Gasteiger partial charge in [0.2, 0.25) is 6.29 Å². The van der Waals surface area contributed by atoms with Crippen LogP contribution in [0.25, 0.3) is 22.3 Å². The second kappa shape index (κ2) is 12.1. The van der Waals surface area contributed by atoms with Gasteiger partial charge in [-0.1, -0.05) is 0 Å². The molecule has 2 aromatic carbocycles. The summed E-state index contributed by atoms with van der Waals surface area (Å²) in [6.45, 7) is 0. The molecule has 2 aliphatic rings. The van der Waals surface area contributed by atoms with Crippen molar-refractivity contribution in [1.82, 2.24) is 0 Å². The number of rotatable bonds is 7. The molecular weight excluding hydrogens is 612 g/mol. The number of hydrogen-bond donors (Lipinski definition) is 10. The molecule has 2 saturated heterocycles. The molecule has 10 atom stereocenters. The van der Waals surface area contributed by atoms with Gasteiger partial charge in [0.25, 0.3) is 0 Å². The molecule has 18 heteroatoms. The second-order valence-corrected chi connectivity index (χ2v) is 10.2. The summed E-state index contributed by atoms with van der Waals surface area (Å²) < 4.78 is 26.7. The number of hydrogen-bond acceptors (Lipinski definition) is 16. The molecule has 10 unspecified atom stereocenters. The molecular formula is C27H26O18. The van der Waals surface area contributed by atoms with Gasteiger partial charge in [-0.2, -0.15) is 0 Å². The zero-order valence-corrected chi connectivity index (χ0v) is 22.5. The maximum atomic E-state index is 12.7. The summed E-state index contributed by atoms with van der Waals surface area (Å²) in [4.78, 5) is 36.2. The third kappa shape index (κ3) is 5.95. The third-order valence-corrected chi connectivity index (χ3v) is 7.19. The molecule has 5 rings (SSSR count). The first-order valence-corrected chi connectivity index (χ1v) is 13.0. The summed E-state index contributed by atoms with van der Waals surface area (Å²) in [7, 11) is 0. The van der Waals surface area contributed by atoms with Crippen molar-refractivity contribution in [2.45, 2.75) is 61.4 Å². The number of ether oxygens (including phenoxy) is 4. The van der Waals surface area contributed by atoms with Crippen LogP contribution in [0.15, 0.2) is 45.6 Å². The number of phenolic OH excluding ortho intramolecular Hbond substituents is 3. The molecule has 45 heavy (non-hydrogen) atoms. The molecule has 0 saturated carbocycles. The molecule has 18 nitrogen and oxygen atoms in total. The van der Waals surface area contributed by atoms with E-state index in [1.165, 1.54) is 6.07 Å². The van der Waals surface area contributed by atoms with Crippen molar-refractivity contribution in [1.29, 1.82) is 0 Å². The van der Waals surface area contributed by atoms with Crippen molar-refractivity contribution in [2.24, 2.45) is 0 Å². The zero-order valence-electron chi connectivity index (χ0n) is 22.5. The van der Waals surface area contributed by atoms with E-state index in [1.54, 1.807) is 0 Å². The fourth-order valence-corrected chi connectivity index (χ4v) is 4.87. The lowest BCUT2D eigenvalue weighted by atomic mass is 9.96. The Kier molecular flexibility index (Phi) is 8.58. The van der Waals surface area contributed by atoms with Crippen molar-refractivity contribution >= 4 is 22.9 Å². The Labute approximate surface area is 249 Å². The summed E-state index contributed by atoms with van der Waals surface area (Å²) in [5.41, 5.74) is -0.810. The summed E-state index contributed by atoms with van der Waals surface area (Å²) >= 11 is 0. The van der Waals surface area contributed by atoms with Crippen molar-refractivity contribution in [3.8, 4) is 34.3 Å². The number of aliphatic carboxylic acids is 2. The van der Waals surface area contributed by atoms with E-state index in [4.69, 9.17) is 23.4 Å². The van der Waals surface area contributed by atoms with Crippen molar-refractivity contribution < 1.29 is 84.0 Å². The number of aliphatic hydroxyl groups excluding tert-OH is 5. The number of carbonyl (C=O) groups is 2. The molecule has 2 aliphatic heterocycles. The van der Waals surface area contributed by atoms with Crippen molar-refractivity contribution in [3.63, 3.8) is 0 Å². The summed E-state index contributed by atoms with van der Waals surface area (Å²) in [5.74, 6) is -5.57. The number of carboxylic acids is 2. The average Bonchev–Trinajstić information content (AvgIpc) is 2.97. The van der Waals surface area contributed by atoms with Crippen LogP contribution in [0.2, 0.25) is 0 Å². The van der Waals surface area contributed by atoms with Gasteiger partial charge in [-0.3, -0.25) is 4.79 Å². The summed E-state index contributed by atoms with van der Waals surface area (Å²) in [5, 5.41) is 100. The molecule has 3 heterocycles. The molecule has 2 fully saturated rings. The van der Waals surface area contributed by atoms with Gasteiger partial charge in [-0.25, -0.2) is 9.59 Å². The predicted molar refractivity (Wildman–Crippen MR) is 141 cm³/mol. The van der Waals surface area contributed by atoms with Crippen molar-refractivity contribution in [3.05, 3.63) is 46.6 Å². The molecule has 3 aromatic rings. The second-order valence-electron chi connectivity index (χ2n) is 10.2. The van der Waals surface area contributed by atoms with Crippen LogP contribution in [0, 0.1) is 0 Å². The molecule has 0 radical (unpaired) electrons. The van der Waals surface area contributed by atoms with E-state index in [2.05, 4.69) is 0 Å². The van der Waals surface area contributed by atoms with Crippen LogP contribution in [0.4, 0.5) is 0 Å². The molecule has 242 valence electrons. The number of aromatic hydroxyl groups is 3. The first-order chi connectivity index (χ1) is 21.2. The predicted octanol–water partition coefficient (Wildman–Crippen LogP) is -2.24. The molecule has 0 amide bonds. The van der Waals surface area contributed by atoms with Gasteiger partial charge in [-0.15, -0.1) is 0 Å². The van der Waals surface area contributed by atoms with E-state index < -0.39 is 96.0 Å². The summed E-state index contributed by atoms with van der Waals surface area (Å²) in [6.07, 6.45) is -21.0. The number of aliphatic hydroxyl groups is 5. The van der Waals surface area contributed by atoms with E-state index in [0.29, 0.717) is 0 Å². The number of benzene rings is 2. The Balaban J connectivity index is 1.41. The highest BCUT2D eigenvalue weighted by molar-refractivity contribution is 5.86. The first kappa shape index (κ1) is 31.9. The highest BCUT2D eigenvalue weighted by Crippen LogP contribution is 2.36.